The number of halogens is 1. The van der Waals surface area contributed by atoms with Gasteiger partial charge in [0.2, 0.25) is 0 Å². The molecular weight excluding hydrogens is 268 g/mol. The Hall–Kier alpha value is -1.30. The van der Waals surface area contributed by atoms with E-state index in [1.165, 1.54) is 12.0 Å². The van der Waals surface area contributed by atoms with Gasteiger partial charge in [-0.25, -0.2) is 0 Å². The lowest BCUT2D eigenvalue weighted by molar-refractivity contribution is -0.140. The Morgan fingerprint density at radius 3 is 2.84 bits per heavy atom. The maximum atomic E-state index is 11.8. The maximum absolute atomic E-state index is 11.8. The van der Waals surface area contributed by atoms with Crippen LogP contribution >= 0.6 is 11.6 Å². The van der Waals surface area contributed by atoms with E-state index in [1.54, 1.807) is 19.2 Å². The Kier molecular flexibility index (Phi) is 6.62. The Morgan fingerprint density at radius 1 is 1.53 bits per heavy atom. The summed E-state index contributed by atoms with van der Waals surface area (Å²) in [5.41, 5.74) is 5.44. The predicted molar refractivity (Wildman–Crippen MR) is 74.4 cm³/mol. The number of rotatable bonds is 7. The van der Waals surface area contributed by atoms with Gasteiger partial charge in [-0.3, -0.25) is 4.79 Å². The molecule has 0 saturated carbocycles. The summed E-state index contributed by atoms with van der Waals surface area (Å²) in [6.07, 6.45) is -0.601. The number of carbonyl (C=O) groups excluding carboxylic acids is 1. The number of hydrogen-bond donors (Lipinski definition) is 1. The molecule has 0 fully saturated rings. The average Bonchev–Trinajstić information content (AvgIpc) is 2.40. The molecule has 0 spiro atoms. The molecule has 1 unspecified atom stereocenters. The van der Waals surface area contributed by atoms with Crippen molar-refractivity contribution in [3.05, 3.63) is 29.3 Å². The van der Waals surface area contributed by atoms with Gasteiger partial charge in [-0.2, -0.15) is 0 Å². The molecule has 0 radical (unpaired) electrons. The highest BCUT2D eigenvalue weighted by atomic mass is 35.5. The standard InChI is InChI=1S/C13H19ClN2O3/c1-16(13(17)12(9-15)18-2)6-7-19-11-5-3-4-10(14)8-11/h3-5,8,12H,6-7,9,15H2,1-2H3. The first-order valence-corrected chi connectivity index (χ1v) is 6.32. The van der Waals surface area contributed by atoms with E-state index in [1.807, 2.05) is 12.1 Å². The lowest BCUT2D eigenvalue weighted by Gasteiger charge is -2.22. The first-order chi connectivity index (χ1) is 9.08. The van der Waals surface area contributed by atoms with E-state index in [4.69, 9.17) is 26.8 Å². The van der Waals surface area contributed by atoms with Gasteiger partial charge in [0.25, 0.3) is 5.91 Å². The third kappa shape index (κ3) is 5.06. The van der Waals surface area contributed by atoms with Crippen LogP contribution in [0, 0.1) is 0 Å². The van der Waals surface area contributed by atoms with E-state index in [0.717, 1.165) is 0 Å². The van der Waals surface area contributed by atoms with E-state index in [2.05, 4.69) is 0 Å². The number of carbonyl (C=O) groups is 1. The van der Waals surface area contributed by atoms with Crippen LogP contribution in [0.2, 0.25) is 5.02 Å². The second kappa shape index (κ2) is 7.99. The van der Waals surface area contributed by atoms with Crippen molar-refractivity contribution in [3.63, 3.8) is 0 Å². The van der Waals surface area contributed by atoms with Crippen molar-refractivity contribution in [2.24, 2.45) is 5.73 Å². The number of nitrogens with zero attached hydrogens (tertiary/aromatic N) is 1. The Labute approximate surface area is 118 Å². The smallest absolute Gasteiger partial charge is 0.252 e. The summed E-state index contributed by atoms with van der Waals surface area (Å²) in [5, 5.41) is 0.615. The van der Waals surface area contributed by atoms with Crippen molar-refractivity contribution >= 4 is 17.5 Å². The van der Waals surface area contributed by atoms with E-state index >= 15 is 0 Å². The van der Waals surface area contributed by atoms with E-state index in [9.17, 15) is 4.79 Å². The highest BCUT2D eigenvalue weighted by Crippen LogP contribution is 2.16. The summed E-state index contributed by atoms with van der Waals surface area (Å²) >= 11 is 5.84. The molecule has 0 aliphatic heterocycles. The third-order valence-corrected chi connectivity index (χ3v) is 2.88. The van der Waals surface area contributed by atoms with Crippen LogP contribution in [0.1, 0.15) is 0 Å². The molecule has 1 rings (SSSR count). The summed E-state index contributed by atoms with van der Waals surface area (Å²) in [7, 11) is 3.15. The van der Waals surface area contributed by atoms with Crippen LogP contribution in [0.3, 0.4) is 0 Å². The fourth-order valence-corrected chi connectivity index (χ4v) is 1.69. The van der Waals surface area contributed by atoms with Crippen LogP contribution < -0.4 is 10.5 Å². The third-order valence-electron chi connectivity index (χ3n) is 2.64. The number of nitrogens with two attached hydrogens (primary N) is 1. The largest absolute Gasteiger partial charge is 0.492 e. The van der Waals surface area contributed by atoms with Gasteiger partial charge in [0.15, 0.2) is 0 Å². The Morgan fingerprint density at radius 2 is 2.26 bits per heavy atom. The molecule has 5 nitrogen and oxygen atoms in total. The molecule has 1 atom stereocenters. The van der Waals surface area contributed by atoms with Crippen LogP contribution in [0.25, 0.3) is 0 Å². The molecule has 0 heterocycles. The maximum Gasteiger partial charge on any atom is 0.252 e. The first kappa shape index (κ1) is 15.8. The molecule has 1 aromatic rings. The van der Waals surface area contributed by atoms with Gasteiger partial charge >= 0.3 is 0 Å². The van der Waals surface area contributed by atoms with Crippen LogP contribution in [0.5, 0.6) is 5.75 Å². The summed E-state index contributed by atoms with van der Waals surface area (Å²) in [6.45, 7) is 0.990. The molecule has 0 aliphatic rings. The van der Waals surface area contributed by atoms with Crippen molar-refractivity contribution in [2.45, 2.75) is 6.10 Å². The van der Waals surface area contributed by atoms with Gasteiger partial charge in [-0.05, 0) is 18.2 Å². The zero-order valence-corrected chi connectivity index (χ0v) is 11.9. The quantitative estimate of drug-likeness (QED) is 0.817. The number of ether oxygens (including phenoxy) is 2. The predicted octanol–water partition coefficient (Wildman–Crippen LogP) is 1.15. The summed E-state index contributed by atoms with van der Waals surface area (Å²) in [4.78, 5) is 13.4. The fraction of sp³-hybridized carbons (Fsp3) is 0.462. The normalized spacial score (nSPS) is 12.0. The van der Waals surface area contributed by atoms with Crippen molar-refractivity contribution in [1.29, 1.82) is 0 Å². The molecule has 0 saturated heterocycles. The molecule has 0 aliphatic carbocycles. The van der Waals surface area contributed by atoms with Crippen molar-refractivity contribution in [3.8, 4) is 5.75 Å². The Bertz CT molecular complexity index is 411. The molecule has 2 N–H and O–H groups in total. The number of hydrogen-bond acceptors (Lipinski definition) is 4. The zero-order valence-electron chi connectivity index (χ0n) is 11.1. The van der Waals surface area contributed by atoms with Crippen LogP contribution in [0.15, 0.2) is 24.3 Å². The highest BCUT2D eigenvalue weighted by Gasteiger charge is 2.19. The van der Waals surface area contributed by atoms with Crippen molar-refractivity contribution < 1.29 is 14.3 Å². The molecule has 1 aromatic carbocycles. The topological polar surface area (TPSA) is 64.8 Å². The SMILES string of the molecule is COC(CN)C(=O)N(C)CCOc1cccc(Cl)c1. The lowest BCUT2D eigenvalue weighted by atomic mass is 10.3. The molecular formula is C13H19ClN2O3. The van der Waals surface area contributed by atoms with Gasteiger partial charge in [0.1, 0.15) is 18.5 Å². The second-order valence-electron chi connectivity index (χ2n) is 4.03. The minimum Gasteiger partial charge on any atom is -0.492 e. The monoisotopic (exact) mass is 286 g/mol. The summed E-state index contributed by atoms with van der Waals surface area (Å²) < 4.78 is 10.5. The summed E-state index contributed by atoms with van der Waals surface area (Å²) in [6, 6.07) is 7.11. The minimum absolute atomic E-state index is 0.153. The number of methoxy groups -OCH3 is 1. The molecule has 6 heteroatoms. The van der Waals surface area contributed by atoms with E-state index < -0.39 is 6.10 Å². The second-order valence-corrected chi connectivity index (χ2v) is 4.46. The number of benzene rings is 1. The van der Waals surface area contributed by atoms with Crippen LogP contribution in [-0.2, 0) is 9.53 Å². The first-order valence-electron chi connectivity index (χ1n) is 5.94. The Balaban J connectivity index is 2.38. The van der Waals surface area contributed by atoms with Gasteiger partial charge in [0.05, 0.1) is 6.54 Å². The van der Waals surface area contributed by atoms with Crippen molar-refractivity contribution in [1.82, 2.24) is 4.90 Å². The van der Waals surface area contributed by atoms with Crippen molar-refractivity contribution in [2.75, 3.05) is 33.9 Å². The highest BCUT2D eigenvalue weighted by molar-refractivity contribution is 6.30. The molecule has 0 bridgehead atoms. The zero-order chi connectivity index (χ0) is 14.3. The molecule has 1 amide bonds. The van der Waals surface area contributed by atoms with Crippen LogP contribution in [-0.4, -0.2) is 50.8 Å². The average molecular weight is 287 g/mol. The lowest BCUT2D eigenvalue weighted by Crippen LogP contribution is -2.43. The van der Waals surface area contributed by atoms with E-state index in [-0.39, 0.29) is 12.5 Å². The van der Waals surface area contributed by atoms with Crippen LogP contribution in [0.4, 0.5) is 0 Å². The molecule has 106 valence electrons. The van der Waals surface area contributed by atoms with E-state index in [0.29, 0.717) is 23.9 Å². The number of likely N-dealkylation sites (N-methyl/N-ethyl adjacent to an activating group) is 1. The van der Waals surface area contributed by atoms with Gasteiger partial charge < -0.3 is 20.1 Å². The number of amides is 1. The molecule has 0 aromatic heterocycles. The van der Waals surface area contributed by atoms with Gasteiger partial charge in [-0.15, -0.1) is 0 Å². The molecule has 19 heavy (non-hydrogen) atoms. The summed E-state index contributed by atoms with van der Waals surface area (Å²) in [5.74, 6) is 0.523. The minimum atomic E-state index is -0.601. The fourth-order valence-electron chi connectivity index (χ4n) is 1.51. The van der Waals surface area contributed by atoms with Gasteiger partial charge in [0, 0.05) is 25.7 Å². The van der Waals surface area contributed by atoms with Gasteiger partial charge in [-0.1, -0.05) is 17.7 Å².